The van der Waals surface area contributed by atoms with E-state index in [1.807, 2.05) is 18.2 Å². The van der Waals surface area contributed by atoms with Gasteiger partial charge in [-0.05, 0) is 12.5 Å². The van der Waals surface area contributed by atoms with Gasteiger partial charge in [-0.2, -0.15) is 5.26 Å². The third-order valence-electron chi connectivity index (χ3n) is 2.34. The van der Waals surface area contributed by atoms with Gasteiger partial charge >= 0.3 is 0 Å². The Morgan fingerprint density at radius 2 is 2.18 bits per heavy atom. The number of anilines is 1. The Kier molecular flexibility index (Phi) is 3.31. The fourth-order valence-corrected chi connectivity index (χ4v) is 1.53. The van der Waals surface area contributed by atoms with Gasteiger partial charge in [0.25, 0.3) is 0 Å². The van der Waals surface area contributed by atoms with Crippen LogP contribution in [-0.4, -0.2) is 9.97 Å². The molecule has 1 aromatic heterocycles. The molecule has 2 aromatic rings. The molecule has 0 atom stereocenters. The maximum absolute atomic E-state index is 8.72. The largest absolute Gasteiger partial charge is 0.366 e. The molecule has 1 N–H and O–H groups in total. The lowest BCUT2D eigenvalue weighted by molar-refractivity contribution is 1.07. The van der Waals surface area contributed by atoms with Crippen molar-refractivity contribution in [2.75, 3.05) is 5.32 Å². The van der Waals surface area contributed by atoms with Crippen LogP contribution in [0.2, 0.25) is 0 Å². The van der Waals surface area contributed by atoms with Gasteiger partial charge in [0.05, 0.1) is 0 Å². The molecule has 0 saturated carbocycles. The van der Waals surface area contributed by atoms with E-state index in [1.54, 1.807) is 6.07 Å². The van der Waals surface area contributed by atoms with Crippen molar-refractivity contribution in [1.29, 1.82) is 5.26 Å². The van der Waals surface area contributed by atoms with Crippen molar-refractivity contribution in [3.63, 3.8) is 0 Å². The smallest absolute Gasteiger partial charge is 0.145 e. The van der Waals surface area contributed by atoms with E-state index in [0.29, 0.717) is 18.1 Å². The lowest BCUT2D eigenvalue weighted by atomic mass is 10.1. The maximum atomic E-state index is 8.72. The van der Waals surface area contributed by atoms with Crippen LogP contribution in [0.3, 0.4) is 0 Å². The lowest BCUT2D eigenvalue weighted by Crippen LogP contribution is -2.02. The molecule has 0 bridgehead atoms. The lowest BCUT2D eigenvalue weighted by Gasteiger charge is -2.05. The van der Waals surface area contributed by atoms with Crippen molar-refractivity contribution in [2.45, 2.75) is 13.5 Å². The second-order valence-corrected chi connectivity index (χ2v) is 3.74. The number of aryl methyl sites for hydroxylation is 1. The van der Waals surface area contributed by atoms with Gasteiger partial charge in [-0.25, -0.2) is 9.97 Å². The van der Waals surface area contributed by atoms with Crippen LogP contribution in [0.1, 0.15) is 16.8 Å². The molecule has 1 aromatic carbocycles. The first-order valence-electron chi connectivity index (χ1n) is 5.29. The summed E-state index contributed by atoms with van der Waals surface area (Å²) in [6.07, 6.45) is 1.39. The second kappa shape index (κ2) is 5.08. The van der Waals surface area contributed by atoms with Gasteiger partial charge in [0.2, 0.25) is 0 Å². The number of nitrogens with zero attached hydrogens (tertiary/aromatic N) is 3. The van der Waals surface area contributed by atoms with Gasteiger partial charge in [-0.15, -0.1) is 0 Å². The predicted octanol–water partition coefficient (Wildman–Crippen LogP) is 2.27. The monoisotopic (exact) mass is 224 g/mol. The maximum Gasteiger partial charge on any atom is 0.145 e. The zero-order valence-electron chi connectivity index (χ0n) is 9.51. The predicted molar refractivity (Wildman–Crippen MR) is 65.3 cm³/mol. The highest BCUT2D eigenvalue weighted by molar-refractivity contribution is 5.39. The number of hydrogen-bond donors (Lipinski definition) is 1. The molecule has 0 fully saturated rings. The topological polar surface area (TPSA) is 61.6 Å². The Bertz CT molecular complexity index is 557. The molecule has 0 spiro atoms. The Hall–Kier alpha value is -2.41. The first-order valence-corrected chi connectivity index (χ1v) is 5.29. The summed E-state index contributed by atoms with van der Waals surface area (Å²) in [5.41, 5.74) is 2.78. The van der Waals surface area contributed by atoms with Gasteiger partial charge in [-0.1, -0.05) is 29.8 Å². The first kappa shape index (κ1) is 11.1. The second-order valence-electron chi connectivity index (χ2n) is 3.74. The molecule has 17 heavy (non-hydrogen) atoms. The van der Waals surface area contributed by atoms with Crippen LogP contribution in [0.25, 0.3) is 0 Å². The van der Waals surface area contributed by atoms with Gasteiger partial charge in [0, 0.05) is 12.6 Å². The number of rotatable bonds is 3. The molecule has 84 valence electrons. The van der Waals surface area contributed by atoms with Crippen LogP contribution >= 0.6 is 0 Å². The Morgan fingerprint density at radius 3 is 2.94 bits per heavy atom. The molecule has 0 unspecified atom stereocenters. The quantitative estimate of drug-likeness (QED) is 0.868. The van der Waals surface area contributed by atoms with Crippen molar-refractivity contribution < 1.29 is 0 Å². The highest BCUT2D eigenvalue weighted by Crippen LogP contribution is 2.08. The molecule has 4 nitrogen and oxygen atoms in total. The van der Waals surface area contributed by atoms with E-state index in [-0.39, 0.29) is 0 Å². The molecule has 0 aliphatic heterocycles. The molecule has 1 heterocycles. The number of nitrogens with one attached hydrogen (secondary N) is 1. The van der Waals surface area contributed by atoms with E-state index in [9.17, 15) is 0 Å². The third-order valence-corrected chi connectivity index (χ3v) is 2.34. The van der Waals surface area contributed by atoms with E-state index >= 15 is 0 Å². The summed E-state index contributed by atoms with van der Waals surface area (Å²) in [7, 11) is 0. The van der Waals surface area contributed by atoms with E-state index in [2.05, 4.69) is 34.3 Å². The molecule has 0 aliphatic carbocycles. The van der Waals surface area contributed by atoms with Crippen molar-refractivity contribution in [1.82, 2.24) is 9.97 Å². The van der Waals surface area contributed by atoms with Gasteiger partial charge < -0.3 is 5.32 Å². The fourth-order valence-electron chi connectivity index (χ4n) is 1.53. The molecule has 0 aliphatic rings. The van der Waals surface area contributed by atoms with Crippen molar-refractivity contribution in [3.8, 4) is 6.07 Å². The van der Waals surface area contributed by atoms with Crippen molar-refractivity contribution in [3.05, 3.63) is 53.5 Å². The van der Waals surface area contributed by atoms with Gasteiger partial charge in [0.1, 0.15) is 23.9 Å². The van der Waals surface area contributed by atoms with E-state index in [1.165, 1.54) is 17.5 Å². The summed E-state index contributed by atoms with van der Waals surface area (Å²) < 4.78 is 0. The number of nitriles is 1. The van der Waals surface area contributed by atoms with Gasteiger partial charge in [-0.3, -0.25) is 0 Å². The highest BCUT2D eigenvalue weighted by atomic mass is 15.0. The van der Waals surface area contributed by atoms with Crippen LogP contribution in [0, 0.1) is 18.3 Å². The average molecular weight is 224 g/mol. The zero-order valence-corrected chi connectivity index (χ0v) is 9.51. The molecule has 4 heteroatoms. The summed E-state index contributed by atoms with van der Waals surface area (Å²) >= 11 is 0. The van der Waals surface area contributed by atoms with Crippen molar-refractivity contribution in [2.24, 2.45) is 0 Å². The number of benzene rings is 1. The minimum Gasteiger partial charge on any atom is -0.366 e. The van der Waals surface area contributed by atoms with E-state index in [4.69, 9.17) is 5.26 Å². The van der Waals surface area contributed by atoms with Crippen LogP contribution < -0.4 is 5.32 Å². The molecule has 0 radical (unpaired) electrons. The first-order chi connectivity index (χ1) is 8.28. The minimum absolute atomic E-state index is 0.367. The van der Waals surface area contributed by atoms with Crippen LogP contribution in [-0.2, 0) is 6.54 Å². The van der Waals surface area contributed by atoms with E-state index in [0.717, 1.165) is 0 Å². The third kappa shape index (κ3) is 3.02. The normalized spacial score (nSPS) is 9.65. The summed E-state index contributed by atoms with van der Waals surface area (Å²) in [6.45, 7) is 2.74. The molecule has 2 rings (SSSR count). The fraction of sp³-hybridized carbons (Fsp3) is 0.154. The Labute approximate surface area is 100.0 Å². The zero-order chi connectivity index (χ0) is 12.1. The SMILES string of the molecule is Cc1cccc(CNc2cc(C#N)ncn2)c1. The van der Waals surface area contributed by atoms with Crippen molar-refractivity contribution >= 4 is 5.82 Å². The molecule has 0 saturated heterocycles. The Balaban J connectivity index is 2.05. The van der Waals surface area contributed by atoms with E-state index < -0.39 is 0 Å². The summed E-state index contributed by atoms with van der Waals surface area (Å²) in [5, 5.41) is 11.9. The standard InChI is InChI=1S/C13H12N4/c1-10-3-2-4-11(5-10)8-15-13-6-12(7-14)16-9-17-13/h2-6,9H,8H2,1H3,(H,15,16,17). The summed E-state index contributed by atoms with van der Waals surface area (Å²) in [4.78, 5) is 7.87. The average Bonchev–Trinajstić information content (AvgIpc) is 2.37. The highest BCUT2D eigenvalue weighted by Gasteiger charge is 1.98. The molecular formula is C13H12N4. The molecular weight excluding hydrogens is 212 g/mol. The number of hydrogen-bond acceptors (Lipinski definition) is 4. The van der Waals surface area contributed by atoms with Crippen LogP contribution in [0.4, 0.5) is 5.82 Å². The summed E-state index contributed by atoms with van der Waals surface area (Å²) in [6, 6.07) is 11.9. The van der Waals surface area contributed by atoms with Crippen LogP contribution in [0.5, 0.6) is 0 Å². The Morgan fingerprint density at radius 1 is 1.29 bits per heavy atom. The van der Waals surface area contributed by atoms with Crippen LogP contribution in [0.15, 0.2) is 36.7 Å². The summed E-state index contributed by atoms with van der Waals surface area (Å²) in [5.74, 6) is 0.665. The molecule has 0 amide bonds. The minimum atomic E-state index is 0.367. The van der Waals surface area contributed by atoms with Gasteiger partial charge in [0.15, 0.2) is 0 Å². The number of aromatic nitrogens is 2.